The number of ether oxygens (including phenoxy) is 3. The van der Waals surface area contributed by atoms with E-state index in [0.29, 0.717) is 18.4 Å². The number of allylic oxidation sites excluding steroid dienone is 1. The first-order chi connectivity index (χ1) is 14.4. The Morgan fingerprint density at radius 3 is 2.83 bits per heavy atom. The van der Waals surface area contributed by atoms with Gasteiger partial charge in [-0.25, -0.2) is 0 Å². The molecular weight excluding hydrogens is 378 g/mol. The van der Waals surface area contributed by atoms with Gasteiger partial charge in [0.2, 0.25) is 0 Å². The van der Waals surface area contributed by atoms with Crippen LogP contribution in [0.2, 0.25) is 0 Å². The lowest BCUT2D eigenvalue weighted by Crippen LogP contribution is -2.45. The van der Waals surface area contributed by atoms with Gasteiger partial charge in [0.25, 0.3) is 0 Å². The summed E-state index contributed by atoms with van der Waals surface area (Å²) < 4.78 is 16.5. The summed E-state index contributed by atoms with van der Waals surface area (Å²) in [6.45, 7) is 8.25. The summed E-state index contributed by atoms with van der Waals surface area (Å²) in [6.07, 6.45) is 6.59. The molecule has 1 saturated heterocycles. The van der Waals surface area contributed by atoms with Crippen molar-refractivity contribution in [2.75, 3.05) is 27.3 Å². The van der Waals surface area contributed by atoms with Crippen molar-refractivity contribution < 1.29 is 19.0 Å². The van der Waals surface area contributed by atoms with Crippen LogP contribution in [0.25, 0.3) is 0 Å². The van der Waals surface area contributed by atoms with E-state index in [0.717, 1.165) is 43.7 Å². The molecule has 30 heavy (non-hydrogen) atoms. The van der Waals surface area contributed by atoms with Gasteiger partial charge in [-0.05, 0) is 74.1 Å². The fourth-order valence-electron chi connectivity index (χ4n) is 6.02. The highest BCUT2D eigenvalue weighted by atomic mass is 16.6. The largest absolute Gasteiger partial charge is 0.493 e. The molecular formula is C25H35NO4. The molecule has 1 aromatic rings. The lowest BCUT2D eigenvalue weighted by Gasteiger charge is -2.50. The van der Waals surface area contributed by atoms with E-state index >= 15 is 0 Å². The highest BCUT2D eigenvalue weighted by molar-refractivity contribution is 5.75. The van der Waals surface area contributed by atoms with Crippen molar-refractivity contribution in [2.24, 2.45) is 23.2 Å². The van der Waals surface area contributed by atoms with Crippen molar-refractivity contribution in [2.45, 2.75) is 51.6 Å². The number of nitrogens with one attached hydrogen (secondary N) is 1. The van der Waals surface area contributed by atoms with Crippen LogP contribution in [0, 0.1) is 23.2 Å². The van der Waals surface area contributed by atoms with Crippen molar-refractivity contribution in [3.8, 4) is 11.5 Å². The minimum atomic E-state index is -0.0420. The molecule has 0 amide bonds. The van der Waals surface area contributed by atoms with Gasteiger partial charge in [-0.3, -0.25) is 4.79 Å². The fraction of sp³-hybridized carbons (Fsp3) is 0.640. The van der Waals surface area contributed by atoms with E-state index in [1.165, 1.54) is 24.0 Å². The number of methoxy groups -OCH3 is 2. The topological polar surface area (TPSA) is 56.8 Å². The van der Waals surface area contributed by atoms with Gasteiger partial charge in [0, 0.05) is 12.5 Å². The van der Waals surface area contributed by atoms with Gasteiger partial charge in [0.05, 0.1) is 20.1 Å². The summed E-state index contributed by atoms with van der Waals surface area (Å²) in [5, 5.41) is 3.50. The molecule has 0 bridgehead atoms. The molecule has 164 valence electrons. The smallest absolute Gasteiger partial charge is 0.310 e. The Morgan fingerprint density at radius 2 is 2.07 bits per heavy atom. The first kappa shape index (κ1) is 21.2. The van der Waals surface area contributed by atoms with Crippen LogP contribution < -0.4 is 14.8 Å². The second-order valence-corrected chi connectivity index (χ2v) is 9.55. The SMILES string of the molecule is C=C1CCC[C@]2(C)C[C@H]3OC(=O)C(CNCCc4ccc(OC)c(OC)c4)[C@H]3CC12. The summed E-state index contributed by atoms with van der Waals surface area (Å²) in [4.78, 5) is 12.6. The normalized spacial score (nSPS) is 32.9. The number of hydrogen-bond acceptors (Lipinski definition) is 5. The lowest BCUT2D eigenvalue weighted by molar-refractivity contribution is -0.146. The molecule has 0 spiro atoms. The van der Waals surface area contributed by atoms with Gasteiger partial charge in [0.1, 0.15) is 6.10 Å². The van der Waals surface area contributed by atoms with E-state index in [4.69, 9.17) is 14.2 Å². The average Bonchev–Trinajstić information content (AvgIpc) is 3.03. The number of hydrogen-bond donors (Lipinski definition) is 1. The van der Waals surface area contributed by atoms with Gasteiger partial charge < -0.3 is 19.5 Å². The molecule has 0 aromatic heterocycles. The maximum atomic E-state index is 12.6. The summed E-state index contributed by atoms with van der Waals surface area (Å²) in [5.41, 5.74) is 2.83. The first-order valence-corrected chi connectivity index (χ1v) is 11.2. The summed E-state index contributed by atoms with van der Waals surface area (Å²) in [5.74, 6) is 2.28. The van der Waals surface area contributed by atoms with Gasteiger partial charge in [-0.15, -0.1) is 0 Å². The molecule has 3 aliphatic rings. The average molecular weight is 414 g/mol. The van der Waals surface area contributed by atoms with E-state index < -0.39 is 0 Å². The van der Waals surface area contributed by atoms with Gasteiger partial charge in [-0.1, -0.05) is 25.1 Å². The summed E-state index contributed by atoms with van der Waals surface area (Å²) in [6, 6.07) is 6.00. The van der Waals surface area contributed by atoms with Crippen LogP contribution in [0.5, 0.6) is 11.5 Å². The zero-order valence-electron chi connectivity index (χ0n) is 18.5. The van der Waals surface area contributed by atoms with E-state index in [1.807, 2.05) is 12.1 Å². The highest BCUT2D eigenvalue weighted by Gasteiger charge is 2.54. The van der Waals surface area contributed by atoms with Crippen molar-refractivity contribution >= 4 is 5.97 Å². The second-order valence-electron chi connectivity index (χ2n) is 9.55. The van der Waals surface area contributed by atoms with Gasteiger partial charge in [-0.2, -0.15) is 0 Å². The molecule has 1 heterocycles. The first-order valence-electron chi connectivity index (χ1n) is 11.2. The molecule has 5 nitrogen and oxygen atoms in total. The molecule has 2 aliphatic carbocycles. The predicted octanol–water partition coefficient (Wildman–Crippen LogP) is 4.15. The van der Waals surface area contributed by atoms with Crippen LogP contribution in [0.3, 0.4) is 0 Å². The Hall–Kier alpha value is -2.01. The quantitative estimate of drug-likeness (QED) is 0.413. The van der Waals surface area contributed by atoms with Gasteiger partial charge >= 0.3 is 5.97 Å². The highest BCUT2D eigenvalue weighted by Crippen LogP contribution is 2.56. The molecule has 1 aromatic carbocycles. The van der Waals surface area contributed by atoms with Crippen LogP contribution in [0.1, 0.15) is 44.6 Å². The zero-order valence-corrected chi connectivity index (χ0v) is 18.5. The van der Waals surface area contributed by atoms with Crippen LogP contribution in [-0.4, -0.2) is 39.4 Å². The number of esters is 1. The van der Waals surface area contributed by atoms with Crippen LogP contribution in [0.4, 0.5) is 0 Å². The molecule has 5 heteroatoms. The molecule has 5 atom stereocenters. The van der Waals surface area contributed by atoms with E-state index in [2.05, 4.69) is 24.9 Å². The van der Waals surface area contributed by atoms with Crippen LogP contribution >= 0.6 is 0 Å². The van der Waals surface area contributed by atoms with E-state index in [1.54, 1.807) is 14.2 Å². The lowest BCUT2D eigenvalue weighted by atomic mass is 9.55. The van der Waals surface area contributed by atoms with Crippen molar-refractivity contribution in [3.05, 3.63) is 35.9 Å². The Kier molecular flexibility index (Phi) is 6.10. The van der Waals surface area contributed by atoms with Crippen molar-refractivity contribution in [3.63, 3.8) is 0 Å². The number of carbonyl (C=O) groups is 1. The maximum absolute atomic E-state index is 12.6. The fourth-order valence-corrected chi connectivity index (χ4v) is 6.02. The third-order valence-electron chi connectivity index (χ3n) is 7.72. The maximum Gasteiger partial charge on any atom is 0.310 e. The number of rotatable bonds is 7. The molecule has 0 radical (unpaired) electrons. The third-order valence-corrected chi connectivity index (χ3v) is 7.72. The Balaban J connectivity index is 1.33. The Morgan fingerprint density at radius 1 is 1.27 bits per heavy atom. The van der Waals surface area contributed by atoms with Crippen molar-refractivity contribution in [1.29, 1.82) is 0 Å². The molecule has 2 saturated carbocycles. The van der Waals surface area contributed by atoms with Crippen LogP contribution in [-0.2, 0) is 16.0 Å². The molecule has 3 fully saturated rings. The van der Waals surface area contributed by atoms with Gasteiger partial charge in [0.15, 0.2) is 11.5 Å². The monoisotopic (exact) mass is 413 g/mol. The molecule has 1 N–H and O–H groups in total. The predicted molar refractivity (Wildman–Crippen MR) is 117 cm³/mol. The minimum Gasteiger partial charge on any atom is -0.493 e. The van der Waals surface area contributed by atoms with Crippen LogP contribution in [0.15, 0.2) is 30.4 Å². The summed E-state index contributed by atoms with van der Waals surface area (Å²) in [7, 11) is 3.29. The Labute approximate surface area is 180 Å². The van der Waals surface area contributed by atoms with E-state index in [9.17, 15) is 4.79 Å². The summed E-state index contributed by atoms with van der Waals surface area (Å²) >= 11 is 0. The third kappa shape index (κ3) is 3.96. The Bertz CT molecular complexity index is 806. The number of fused-ring (bicyclic) bond motifs is 2. The second kappa shape index (κ2) is 8.62. The minimum absolute atomic E-state index is 0.0172. The van der Waals surface area contributed by atoms with Crippen molar-refractivity contribution in [1.82, 2.24) is 5.32 Å². The molecule has 2 unspecified atom stereocenters. The standard InChI is InChI=1S/C25H35NO4/c1-16-6-5-10-25(2)14-23-18(13-20(16)25)19(24(27)30-23)15-26-11-9-17-7-8-21(28-3)22(12-17)29-4/h7-8,12,18-20,23,26H,1,5-6,9-11,13-15H2,2-4H3/t18-,19?,20?,23-,25-/m1/s1. The molecule has 1 aliphatic heterocycles. The number of carbonyl (C=O) groups excluding carboxylic acids is 1. The molecule has 4 rings (SSSR count). The zero-order chi connectivity index (χ0) is 21.3. The van der Waals surface area contributed by atoms with E-state index in [-0.39, 0.29) is 23.4 Å². The number of benzene rings is 1.